The number of likely N-dealkylation sites (tertiary alicyclic amines) is 1. The van der Waals surface area contributed by atoms with Gasteiger partial charge in [0.05, 0.1) is 45.2 Å². The van der Waals surface area contributed by atoms with E-state index in [1.807, 2.05) is 0 Å². The molecule has 1 saturated heterocycles. The Morgan fingerprint density at radius 1 is 0.682 bits per heavy atom. The lowest BCUT2D eigenvalue weighted by molar-refractivity contribution is -0.0751. The Morgan fingerprint density at radius 3 is 2.18 bits per heavy atom. The predicted octanol–water partition coefficient (Wildman–Crippen LogP) is 16.4. The van der Waals surface area contributed by atoms with E-state index in [0.717, 1.165) is 66.9 Å². The molecule has 6 rings (SSSR count). The van der Waals surface area contributed by atoms with Crippen LogP contribution in [0.1, 0.15) is 234 Å². The molecule has 0 spiro atoms. The van der Waals surface area contributed by atoms with Gasteiger partial charge >= 0.3 is 0 Å². The molecule has 5 aliphatic carbocycles. The molecule has 11 atom stereocenters. The summed E-state index contributed by atoms with van der Waals surface area (Å²) in [7, 11) is 0. The van der Waals surface area contributed by atoms with Gasteiger partial charge in [0.1, 0.15) is 0 Å². The van der Waals surface area contributed by atoms with Gasteiger partial charge < -0.3 is 23.8 Å². The van der Waals surface area contributed by atoms with E-state index < -0.39 is 0 Å². The first kappa shape index (κ1) is 54.6. The summed E-state index contributed by atoms with van der Waals surface area (Å²) in [5, 5.41) is 0. The van der Waals surface area contributed by atoms with Crippen molar-refractivity contribution in [3.8, 4) is 0 Å². The fraction of sp³-hybridized carbons (Fsp3) is 0.934. The number of rotatable bonds is 33. The lowest BCUT2D eigenvalue weighted by Crippen LogP contribution is -2.51. The van der Waals surface area contributed by atoms with Crippen LogP contribution in [0.2, 0.25) is 0 Å². The zero-order valence-corrected chi connectivity index (χ0v) is 44.7. The van der Waals surface area contributed by atoms with Crippen LogP contribution < -0.4 is 0 Å². The molecule has 1 aliphatic heterocycles. The molecular weight excluding hydrogens is 811 g/mol. The van der Waals surface area contributed by atoms with Crippen LogP contribution in [0.4, 0.5) is 0 Å². The average molecular weight is 921 g/mol. The van der Waals surface area contributed by atoms with Crippen molar-refractivity contribution in [3.63, 3.8) is 0 Å². The predicted molar refractivity (Wildman–Crippen MR) is 280 cm³/mol. The molecule has 1 heterocycles. The van der Waals surface area contributed by atoms with Crippen molar-refractivity contribution in [1.82, 2.24) is 4.90 Å². The highest BCUT2D eigenvalue weighted by molar-refractivity contribution is 5.25. The van der Waals surface area contributed by atoms with Crippen molar-refractivity contribution >= 4 is 0 Å². The smallest absolute Gasteiger partial charge is 0.0936 e. The first-order valence-corrected chi connectivity index (χ1v) is 29.7. The fourth-order valence-electron chi connectivity index (χ4n) is 15.4. The fourth-order valence-corrected chi connectivity index (χ4v) is 15.4. The summed E-state index contributed by atoms with van der Waals surface area (Å²) < 4.78 is 25.6. The number of piperidine rings is 1. The maximum Gasteiger partial charge on any atom is 0.0936 e. The molecule has 1 unspecified atom stereocenters. The molecule has 0 radical (unpaired) electrons. The van der Waals surface area contributed by atoms with Crippen LogP contribution in [0.25, 0.3) is 0 Å². The zero-order valence-electron chi connectivity index (χ0n) is 44.7. The van der Waals surface area contributed by atoms with Gasteiger partial charge in [0.2, 0.25) is 0 Å². The van der Waals surface area contributed by atoms with Crippen LogP contribution in [-0.4, -0.2) is 76.4 Å². The van der Waals surface area contributed by atoms with Crippen LogP contribution in [0.5, 0.6) is 0 Å². The average Bonchev–Trinajstić information content (AvgIpc) is 3.68. The van der Waals surface area contributed by atoms with E-state index in [1.165, 1.54) is 199 Å². The Hall–Kier alpha value is -0.720. The second kappa shape index (κ2) is 29.6. The summed E-state index contributed by atoms with van der Waals surface area (Å²) >= 11 is 0. The maximum atomic E-state index is 6.57. The van der Waals surface area contributed by atoms with Crippen molar-refractivity contribution < 1.29 is 18.9 Å². The second-order valence-electron chi connectivity index (χ2n) is 24.5. The standard InChI is InChI=1S/C61H109NO4/c1-7-8-9-10-11-12-13-14-15-16-17-18-19-20-21-24-40-64-48-55(47-62-39-36-51-28-22-23-29-52(51)46-62)66-44-42-63-41-43-65-54-34-37-60(5)53(45-54)30-31-56-58-33-32-57(50(4)27-25-26-49(2)3)61(58,6)38-35-59(56)60/h14-15,30,49-52,54-59H,7-13,16-29,31-48H2,1-6H3/b15-14-/t50-,51+,52+,54+,55?,56+,57-,58+,59+,60+,61-/m1/s1. The molecule has 0 aromatic heterocycles. The van der Waals surface area contributed by atoms with Gasteiger partial charge in [-0.05, 0) is 161 Å². The minimum atomic E-state index is 0.121. The van der Waals surface area contributed by atoms with Crippen LogP contribution in [0, 0.1) is 58.2 Å². The highest BCUT2D eigenvalue weighted by atomic mass is 16.6. The SMILES string of the molecule is CCCCCCCC/C=C\CCCCCCCCOCC(CN1CC[C@@H]2CCCC[C@H]2C1)OCCOCCO[C@H]1CC[C@@]2(C)C(=CC[C@H]3[C@@H]4CC[C@H]([C@H](C)CCCC(C)C)[C@@]4(C)CC[C@@H]32)C1. The van der Waals surface area contributed by atoms with Crippen molar-refractivity contribution in [1.29, 1.82) is 0 Å². The minimum absolute atomic E-state index is 0.121. The number of hydrogen-bond acceptors (Lipinski definition) is 5. The molecular formula is C61H109NO4. The highest BCUT2D eigenvalue weighted by Crippen LogP contribution is 2.67. The van der Waals surface area contributed by atoms with E-state index >= 15 is 0 Å². The van der Waals surface area contributed by atoms with Gasteiger partial charge in [-0.3, -0.25) is 0 Å². The number of fused-ring (bicyclic) bond motifs is 6. The van der Waals surface area contributed by atoms with Gasteiger partial charge in [-0.25, -0.2) is 0 Å². The van der Waals surface area contributed by atoms with Crippen molar-refractivity contribution in [2.45, 2.75) is 246 Å². The van der Waals surface area contributed by atoms with E-state index in [-0.39, 0.29) is 6.10 Å². The van der Waals surface area contributed by atoms with E-state index in [4.69, 9.17) is 18.9 Å². The van der Waals surface area contributed by atoms with Crippen molar-refractivity contribution in [3.05, 3.63) is 23.8 Å². The van der Waals surface area contributed by atoms with E-state index in [2.05, 4.69) is 64.7 Å². The Labute approximate surface area is 409 Å². The summed E-state index contributed by atoms with van der Waals surface area (Å²) in [6, 6.07) is 0. The largest absolute Gasteiger partial charge is 0.379 e. The third-order valence-corrected chi connectivity index (χ3v) is 19.4. The monoisotopic (exact) mass is 920 g/mol. The number of allylic oxidation sites excluding steroid dienone is 3. The molecule has 5 nitrogen and oxygen atoms in total. The second-order valence-corrected chi connectivity index (χ2v) is 24.5. The van der Waals surface area contributed by atoms with Gasteiger partial charge in [-0.1, -0.05) is 162 Å². The van der Waals surface area contributed by atoms with E-state index in [0.29, 0.717) is 50.0 Å². The van der Waals surface area contributed by atoms with Crippen LogP contribution >= 0.6 is 0 Å². The number of nitrogens with zero attached hydrogens (tertiary/aromatic N) is 1. The molecule has 66 heavy (non-hydrogen) atoms. The van der Waals surface area contributed by atoms with Crippen molar-refractivity contribution in [2.75, 3.05) is 59.3 Å². The van der Waals surface area contributed by atoms with Gasteiger partial charge in [0.15, 0.2) is 0 Å². The summed E-state index contributed by atoms with van der Waals surface area (Å²) in [6.45, 7) is 22.7. The Morgan fingerprint density at radius 2 is 1.41 bits per heavy atom. The molecule has 0 N–H and O–H groups in total. The molecule has 5 fully saturated rings. The first-order chi connectivity index (χ1) is 32.2. The quantitative estimate of drug-likeness (QED) is 0.0485. The number of ether oxygens (including phenoxy) is 4. The molecule has 5 heteroatoms. The topological polar surface area (TPSA) is 40.2 Å². The van der Waals surface area contributed by atoms with Gasteiger partial charge in [0.25, 0.3) is 0 Å². The van der Waals surface area contributed by atoms with E-state index in [1.54, 1.807) is 5.57 Å². The number of hydrogen-bond donors (Lipinski definition) is 0. The lowest BCUT2D eigenvalue weighted by atomic mass is 9.47. The van der Waals surface area contributed by atoms with Crippen molar-refractivity contribution in [2.24, 2.45) is 58.2 Å². The number of unbranched alkanes of at least 4 members (excludes halogenated alkanes) is 12. The minimum Gasteiger partial charge on any atom is -0.379 e. The van der Waals surface area contributed by atoms with Gasteiger partial charge in [0, 0.05) is 19.7 Å². The Bertz CT molecular complexity index is 1360. The zero-order chi connectivity index (χ0) is 46.5. The molecule has 0 amide bonds. The Kier molecular flexibility index (Phi) is 24.5. The molecule has 0 aromatic rings. The summed E-state index contributed by atoms with van der Waals surface area (Å²) in [4.78, 5) is 2.70. The summed E-state index contributed by atoms with van der Waals surface area (Å²) in [5.74, 6) is 7.23. The van der Waals surface area contributed by atoms with Crippen LogP contribution in [0.3, 0.4) is 0 Å². The first-order valence-electron chi connectivity index (χ1n) is 29.7. The van der Waals surface area contributed by atoms with Crippen LogP contribution in [0.15, 0.2) is 23.8 Å². The lowest BCUT2D eigenvalue weighted by Gasteiger charge is -2.58. The van der Waals surface area contributed by atoms with Gasteiger partial charge in [-0.15, -0.1) is 0 Å². The van der Waals surface area contributed by atoms with E-state index in [9.17, 15) is 0 Å². The molecule has 0 aromatic carbocycles. The Balaban J connectivity index is 0.833. The molecule has 4 saturated carbocycles. The van der Waals surface area contributed by atoms with Gasteiger partial charge in [-0.2, -0.15) is 0 Å². The molecule has 0 bridgehead atoms. The molecule has 6 aliphatic rings. The normalized spacial score (nSPS) is 32.2. The third kappa shape index (κ3) is 16.7. The maximum absolute atomic E-state index is 6.57. The summed E-state index contributed by atoms with van der Waals surface area (Å²) in [6.07, 6.45) is 49.0. The summed E-state index contributed by atoms with van der Waals surface area (Å²) in [5.41, 5.74) is 2.69. The molecule has 382 valence electrons. The van der Waals surface area contributed by atoms with Crippen LogP contribution in [-0.2, 0) is 18.9 Å². The highest BCUT2D eigenvalue weighted by Gasteiger charge is 2.59. The third-order valence-electron chi connectivity index (χ3n) is 19.4.